The highest BCUT2D eigenvalue weighted by atomic mass is 16.5. The third-order valence-corrected chi connectivity index (χ3v) is 4.98. The second-order valence-electron chi connectivity index (χ2n) is 7.15. The molecule has 0 amide bonds. The highest BCUT2D eigenvalue weighted by Gasteiger charge is 2.18. The maximum atomic E-state index is 6.15. The second-order valence-corrected chi connectivity index (χ2v) is 7.15. The van der Waals surface area contributed by atoms with Crippen LogP contribution in [0.1, 0.15) is 30.8 Å². The molecular weight excluding hydrogens is 360 g/mol. The zero-order chi connectivity index (χ0) is 20.1. The molecule has 0 saturated carbocycles. The van der Waals surface area contributed by atoms with Gasteiger partial charge in [-0.25, -0.2) is 4.98 Å². The summed E-state index contributed by atoms with van der Waals surface area (Å²) in [6, 6.07) is 26.2. The molecule has 0 spiro atoms. The van der Waals surface area contributed by atoms with Crippen LogP contribution >= 0.6 is 0 Å². The number of ether oxygens (including phenoxy) is 2. The molecule has 0 saturated heterocycles. The minimum atomic E-state index is -0.151. The number of aromatic nitrogens is 2. The van der Waals surface area contributed by atoms with Gasteiger partial charge in [-0.2, -0.15) is 0 Å². The third kappa shape index (κ3) is 4.43. The zero-order valence-corrected chi connectivity index (χ0v) is 16.9. The molecule has 148 valence electrons. The van der Waals surface area contributed by atoms with Gasteiger partial charge in [-0.1, -0.05) is 48.5 Å². The van der Waals surface area contributed by atoms with Crippen molar-refractivity contribution in [3.63, 3.8) is 0 Å². The summed E-state index contributed by atoms with van der Waals surface area (Å²) in [6.07, 6.45) is 0.738. The number of hydrogen-bond acceptors (Lipinski definition) is 3. The zero-order valence-electron chi connectivity index (χ0n) is 16.9. The molecule has 4 heteroatoms. The normalized spacial score (nSPS) is 12.1. The van der Waals surface area contributed by atoms with Gasteiger partial charge in [-0.3, -0.25) is 0 Å². The molecule has 0 aliphatic rings. The first kappa shape index (κ1) is 19.1. The molecule has 1 aromatic heterocycles. The van der Waals surface area contributed by atoms with E-state index in [1.807, 2.05) is 60.7 Å². The quantitative estimate of drug-likeness (QED) is 0.351. The Bertz CT molecular complexity index is 1070. The van der Waals surface area contributed by atoms with E-state index in [9.17, 15) is 0 Å². The maximum absolute atomic E-state index is 6.15. The Morgan fingerprint density at radius 1 is 0.897 bits per heavy atom. The summed E-state index contributed by atoms with van der Waals surface area (Å²) in [4.78, 5) is 4.86. The number of benzene rings is 3. The van der Waals surface area contributed by atoms with Crippen LogP contribution < -0.4 is 9.47 Å². The van der Waals surface area contributed by atoms with Crippen molar-refractivity contribution in [1.82, 2.24) is 9.55 Å². The molecule has 0 bridgehead atoms. The van der Waals surface area contributed by atoms with Crippen LogP contribution in [0.2, 0.25) is 0 Å². The first-order chi connectivity index (χ1) is 14.2. The molecule has 1 unspecified atom stereocenters. The van der Waals surface area contributed by atoms with Gasteiger partial charge in [-0.05, 0) is 56.2 Å². The highest BCUT2D eigenvalue weighted by molar-refractivity contribution is 5.76. The molecule has 1 heterocycles. The predicted octanol–water partition coefficient (Wildman–Crippen LogP) is 5.95. The molecule has 0 fully saturated rings. The summed E-state index contributed by atoms with van der Waals surface area (Å²) in [5.74, 6) is 2.73. The Hall–Kier alpha value is -3.27. The predicted molar refractivity (Wildman–Crippen MR) is 117 cm³/mol. The van der Waals surface area contributed by atoms with E-state index in [-0.39, 0.29) is 6.10 Å². The fourth-order valence-corrected chi connectivity index (χ4v) is 3.52. The molecule has 0 aliphatic heterocycles. The Morgan fingerprint density at radius 2 is 1.62 bits per heavy atom. The summed E-state index contributed by atoms with van der Waals surface area (Å²) in [5, 5.41) is 0. The van der Waals surface area contributed by atoms with E-state index in [1.54, 1.807) is 0 Å². The molecule has 4 aromatic rings. The molecule has 3 aromatic carbocycles. The van der Waals surface area contributed by atoms with Gasteiger partial charge in [0.15, 0.2) is 11.9 Å². The van der Waals surface area contributed by atoms with Crippen molar-refractivity contribution in [3.05, 3.63) is 90.3 Å². The minimum absolute atomic E-state index is 0.151. The summed E-state index contributed by atoms with van der Waals surface area (Å²) < 4.78 is 14.4. The van der Waals surface area contributed by atoms with Gasteiger partial charge in [-0.15, -0.1) is 0 Å². The molecule has 4 rings (SSSR count). The Morgan fingerprint density at radius 3 is 2.45 bits per heavy atom. The van der Waals surface area contributed by atoms with Crippen LogP contribution in [0.5, 0.6) is 11.5 Å². The molecular formula is C25H26N2O2. The number of para-hydroxylation sites is 4. The fraction of sp³-hybridized carbons (Fsp3) is 0.240. The van der Waals surface area contributed by atoms with Gasteiger partial charge in [0.05, 0.1) is 17.6 Å². The van der Waals surface area contributed by atoms with E-state index in [4.69, 9.17) is 14.5 Å². The van der Waals surface area contributed by atoms with Crippen molar-refractivity contribution in [3.8, 4) is 11.5 Å². The van der Waals surface area contributed by atoms with Crippen molar-refractivity contribution < 1.29 is 9.47 Å². The molecule has 0 radical (unpaired) electrons. The van der Waals surface area contributed by atoms with E-state index >= 15 is 0 Å². The van der Waals surface area contributed by atoms with Gasteiger partial charge < -0.3 is 14.0 Å². The first-order valence-electron chi connectivity index (χ1n) is 10.1. The lowest BCUT2D eigenvalue weighted by Gasteiger charge is -2.17. The molecule has 29 heavy (non-hydrogen) atoms. The third-order valence-electron chi connectivity index (χ3n) is 4.98. The lowest BCUT2D eigenvalue weighted by Crippen LogP contribution is -2.13. The van der Waals surface area contributed by atoms with E-state index in [0.717, 1.165) is 46.9 Å². The van der Waals surface area contributed by atoms with Crippen molar-refractivity contribution in [2.45, 2.75) is 32.9 Å². The van der Waals surface area contributed by atoms with E-state index in [2.05, 4.69) is 36.6 Å². The van der Waals surface area contributed by atoms with Gasteiger partial charge in [0.2, 0.25) is 0 Å². The van der Waals surface area contributed by atoms with Crippen molar-refractivity contribution in [2.24, 2.45) is 0 Å². The summed E-state index contributed by atoms with van der Waals surface area (Å²) in [7, 11) is 0. The van der Waals surface area contributed by atoms with E-state index in [1.165, 1.54) is 0 Å². The largest absolute Gasteiger partial charge is 0.493 e. The van der Waals surface area contributed by atoms with Crippen LogP contribution in [0.25, 0.3) is 11.0 Å². The fourth-order valence-electron chi connectivity index (χ4n) is 3.52. The molecule has 4 nitrogen and oxygen atoms in total. The number of rotatable bonds is 8. The minimum Gasteiger partial charge on any atom is -0.493 e. The number of nitrogens with zero attached hydrogens (tertiary/aromatic N) is 2. The SMILES string of the molecule is Cc1ccccc1OCCCn1c(C(C)Oc2ccccc2)nc2ccccc21. The average Bonchev–Trinajstić information content (AvgIpc) is 3.12. The Kier molecular flexibility index (Phi) is 5.80. The number of aryl methyl sites for hydroxylation is 2. The molecule has 0 N–H and O–H groups in total. The van der Waals surface area contributed by atoms with Crippen LogP contribution in [0.4, 0.5) is 0 Å². The van der Waals surface area contributed by atoms with Gasteiger partial charge in [0.25, 0.3) is 0 Å². The maximum Gasteiger partial charge on any atom is 0.153 e. The van der Waals surface area contributed by atoms with Crippen LogP contribution in [-0.4, -0.2) is 16.2 Å². The van der Waals surface area contributed by atoms with Crippen LogP contribution in [0, 0.1) is 6.92 Å². The number of imidazole rings is 1. The van der Waals surface area contributed by atoms with E-state index in [0.29, 0.717) is 6.61 Å². The van der Waals surface area contributed by atoms with Crippen LogP contribution in [0.3, 0.4) is 0 Å². The topological polar surface area (TPSA) is 36.3 Å². The second kappa shape index (κ2) is 8.82. The van der Waals surface area contributed by atoms with Gasteiger partial charge in [0, 0.05) is 6.54 Å². The monoisotopic (exact) mass is 386 g/mol. The standard InChI is InChI=1S/C25H26N2O2/c1-19-11-6-9-16-24(19)28-18-10-17-27-23-15-8-7-14-22(23)26-25(27)20(2)29-21-12-4-3-5-13-21/h3-9,11-16,20H,10,17-18H2,1-2H3. The summed E-state index contributed by atoms with van der Waals surface area (Å²) >= 11 is 0. The average molecular weight is 386 g/mol. The van der Waals surface area contributed by atoms with Crippen molar-refractivity contribution in [1.29, 1.82) is 0 Å². The Labute approximate surface area is 171 Å². The number of fused-ring (bicyclic) bond motifs is 1. The van der Waals surface area contributed by atoms with E-state index < -0.39 is 0 Å². The summed E-state index contributed by atoms with van der Waals surface area (Å²) in [5.41, 5.74) is 3.28. The Balaban J connectivity index is 1.50. The van der Waals surface area contributed by atoms with Crippen molar-refractivity contribution in [2.75, 3.05) is 6.61 Å². The van der Waals surface area contributed by atoms with Gasteiger partial charge >= 0.3 is 0 Å². The van der Waals surface area contributed by atoms with Gasteiger partial charge in [0.1, 0.15) is 11.5 Å². The lowest BCUT2D eigenvalue weighted by molar-refractivity contribution is 0.210. The summed E-state index contributed by atoms with van der Waals surface area (Å²) in [6.45, 7) is 5.60. The molecule has 0 aliphatic carbocycles. The smallest absolute Gasteiger partial charge is 0.153 e. The highest BCUT2D eigenvalue weighted by Crippen LogP contribution is 2.25. The van der Waals surface area contributed by atoms with Crippen LogP contribution in [0.15, 0.2) is 78.9 Å². The lowest BCUT2D eigenvalue weighted by atomic mass is 10.2. The first-order valence-corrected chi connectivity index (χ1v) is 10.1. The van der Waals surface area contributed by atoms with Crippen molar-refractivity contribution >= 4 is 11.0 Å². The van der Waals surface area contributed by atoms with Crippen LogP contribution in [-0.2, 0) is 6.54 Å². The number of hydrogen-bond donors (Lipinski definition) is 0. The molecule has 1 atom stereocenters.